The third kappa shape index (κ3) is 3.98. The summed E-state index contributed by atoms with van der Waals surface area (Å²) in [6, 6.07) is 34.9. The van der Waals surface area contributed by atoms with Gasteiger partial charge < -0.3 is 0 Å². The van der Waals surface area contributed by atoms with E-state index in [0.29, 0.717) is 6.42 Å². The highest BCUT2D eigenvalue weighted by atomic mass is 16.1. The fraction of sp³-hybridized carbons (Fsp3) is 0.115. The maximum Gasteiger partial charge on any atom is 0.163 e. The molecule has 1 atom stereocenters. The summed E-state index contributed by atoms with van der Waals surface area (Å²) in [5.74, 6) is 0.356. The average molecular weight is 350 g/mol. The average Bonchev–Trinajstić information content (AvgIpc) is 2.74. The SMILES string of the molecule is O=C(C[C@@H](Cc1cccc2ccccc12)c1ccccc1)c1ccccc1. The molecule has 0 unspecified atom stereocenters. The maximum atomic E-state index is 12.9. The van der Waals surface area contributed by atoms with E-state index in [1.54, 1.807) is 0 Å². The quantitative estimate of drug-likeness (QED) is 0.366. The van der Waals surface area contributed by atoms with Crippen LogP contribution >= 0.6 is 0 Å². The number of fused-ring (bicyclic) bond motifs is 1. The van der Waals surface area contributed by atoms with Gasteiger partial charge in [-0.25, -0.2) is 0 Å². The van der Waals surface area contributed by atoms with Crippen LogP contribution in [0.4, 0.5) is 0 Å². The Morgan fingerprint density at radius 1 is 0.667 bits per heavy atom. The van der Waals surface area contributed by atoms with Crippen LogP contribution in [-0.4, -0.2) is 5.78 Å². The van der Waals surface area contributed by atoms with Gasteiger partial charge in [0.25, 0.3) is 0 Å². The molecule has 0 fully saturated rings. The van der Waals surface area contributed by atoms with Gasteiger partial charge in [0.05, 0.1) is 0 Å². The monoisotopic (exact) mass is 350 g/mol. The first-order valence-corrected chi connectivity index (χ1v) is 9.41. The molecule has 0 aliphatic carbocycles. The molecule has 0 aliphatic rings. The van der Waals surface area contributed by atoms with Gasteiger partial charge in [-0.15, -0.1) is 0 Å². The second-order valence-electron chi connectivity index (χ2n) is 6.94. The lowest BCUT2D eigenvalue weighted by Crippen LogP contribution is -2.10. The largest absolute Gasteiger partial charge is 0.294 e. The molecule has 1 nitrogen and oxygen atoms in total. The van der Waals surface area contributed by atoms with Crippen molar-refractivity contribution in [1.29, 1.82) is 0 Å². The molecule has 0 aliphatic heterocycles. The first kappa shape index (κ1) is 17.2. The van der Waals surface area contributed by atoms with Crippen LogP contribution in [-0.2, 0) is 6.42 Å². The molecule has 27 heavy (non-hydrogen) atoms. The number of rotatable bonds is 6. The van der Waals surface area contributed by atoms with Crippen molar-refractivity contribution < 1.29 is 4.79 Å². The van der Waals surface area contributed by atoms with Crippen molar-refractivity contribution in [2.75, 3.05) is 0 Å². The zero-order valence-corrected chi connectivity index (χ0v) is 15.2. The fourth-order valence-electron chi connectivity index (χ4n) is 3.73. The van der Waals surface area contributed by atoms with Gasteiger partial charge in [-0.3, -0.25) is 4.79 Å². The Bertz CT molecular complexity index is 1030. The summed E-state index contributed by atoms with van der Waals surface area (Å²) in [6.45, 7) is 0. The number of benzene rings is 4. The summed E-state index contributed by atoms with van der Waals surface area (Å²) in [5.41, 5.74) is 3.30. The second-order valence-corrected chi connectivity index (χ2v) is 6.94. The second kappa shape index (κ2) is 8.01. The number of hydrogen-bond donors (Lipinski definition) is 0. The van der Waals surface area contributed by atoms with Gasteiger partial charge in [0, 0.05) is 12.0 Å². The smallest absolute Gasteiger partial charge is 0.163 e. The molecule has 4 rings (SSSR count). The van der Waals surface area contributed by atoms with E-state index in [0.717, 1.165) is 12.0 Å². The van der Waals surface area contributed by atoms with E-state index >= 15 is 0 Å². The molecule has 0 heterocycles. The van der Waals surface area contributed by atoms with Gasteiger partial charge >= 0.3 is 0 Å². The van der Waals surface area contributed by atoms with Crippen LogP contribution in [0.3, 0.4) is 0 Å². The zero-order chi connectivity index (χ0) is 18.5. The molecular weight excluding hydrogens is 328 g/mol. The number of ketones is 1. The molecule has 0 radical (unpaired) electrons. The van der Waals surface area contributed by atoms with Crippen molar-refractivity contribution in [2.45, 2.75) is 18.8 Å². The molecule has 4 aromatic carbocycles. The van der Waals surface area contributed by atoms with E-state index in [4.69, 9.17) is 0 Å². The van der Waals surface area contributed by atoms with Gasteiger partial charge in [0.1, 0.15) is 0 Å². The lowest BCUT2D eigenvalue weighted by molar-refractivity contribution is 0.0973. The van der Waals surface area contributed by atoms with E-state index in [1.807, 2.05) is 36.4 Å². The topological polar surface area (TPSA) is 17.1 Å². The maximum absolute atomic E-state index is 12.9. The number of carbonyl (C=O) groups excluding carboxylic acids is 1. The van der Waals surface area contributed by atoms with Crippen molar-refractivity contribution in [3.05, 3.63) is 120 Å². The first-order valence-electron chi connectivity index (χ1n) is 9.41. The van der Waals surface area contributed by atoms with E-state index in [-0.39, 0.29) is 11.7 Å². The minimum atomic E-state index is 0.157. The first-order chi connectivity index (χ1) is 13.3. The Labute approximate surface area is 160 Å². The molecule has 0 N–H and O–H groups in total. The Morgan fingerprint density at radius 2 is 1.30 bits per heavy atom. The normalized spacial score (nSPS) is 12.0. The summed E-state index contributed by atoms with van der Waals surface area (Å²) in [7, 11) is 0. The van der Waals surface area contributed by atoms with Crippen LogP contribution in [0.5, 0.6) is 0 Å². The Kier molecular flexibility index (Phi) is 5.11. The Morgan fingerprint density at radius 3 is 2.07 bits per heavy atom. The molecule has 0 saturated heterocycles. The van der Waals surface area contributed by atoms with Gasteiger partial charge in [-0.05, 0) is 34.2 Å². The van der Waals surface area contributed by atoms with E-state index in [9.17, 15) is 4.79 Å². The van der Waals surface area contributed by atoms with Crippen molar-refractivity contribution in [3.8, 4) is 0 Å². The summed E-state index contributed by atoms with van der Waals surface area (Å²) >= 11 is 0. The predicted molar refractivity (Wildman–Crippen MR) is 112 cm³/mol. The summed E-state index contributed by atoms with van der Waals surface area (Å²) < 4.78 is 0. The van der Waals surface area contributed by atoms with E-state index < -0.39 is 0 Å². The number of carbonyl (C=O) groups is 1. The van der Waals surface area contributed by atoms with Gasteiger partial charge in [0.15, 0.2) is 5.78 Å². The van der Waals surface area contributed by atoms with Crippen LogP contribution in [0, 0.1) is 0 Å². The summed E-state index contributed by atoms with van der Waals surface area (Å²) in [6.07, 6.45) is 1.36. The highest BCUT2D eigenvalue weighted by Gasteiger charge is 2.18. The predicted octanol–water partition coefficient (Wildman–Crippen LogP) is 6.44. The van der Waals surface area contributed by atoms with Crippen LogP contribution < -0.4 is 0 Å². The summed E-state index contributed by atoms with van der Waals surface area (Å²) in [4.78, 5) is 12.9. The standard InChI is InChI=1S/C26H22O/c27-26(22-13-5-2-6-14-22)19-24(20-10-3-1-4-11-20)18-23-16-9-15-21-12-7-8-17-25(21)23/h1-17,24H,18-19H2/t24-/m1/s1. The van der Waals surface area contributed by atoms with Crippen molar-refractivity contribution >= 4 is 16.6 Å². The lowest BCUT2D eigenvalue weighted by Gasteiger charge is -2.18. The molecule has 0 bridgehead atoms. The molecule has 132 valence electrons. The van der Waals surface area contributed by atoms with Crippen LogP contribution in [0.25, 0.3) is 10.8 Å². The summed E-state index contributed by atoms with van der Waals surface area (Å²) in [5, 5.41) is 2.52. The third-order valence-corrected chi connectivity index (χ3v) is 5.14. The molecule has 4 aromatic rings. The van der Waals surface area contributed by atoms with Gasteiger partial charge in [-0.2, -0.15) is 0 Å². The van der Waals surface area contributed by atoms with Gasteiger partial charge in [0.2, 0.25) is 0 Å². The van der Waals surface area contributed by atoms with Crippen molar-refractivity contribution in [1.82, 2.24) is 0 Å². The van der Waals surface area contributed by atoms with Crippen molar-refractivity contribution in [2.24, 2.45) is 0 Å². The molecule has 0 spiro atoms. The molecule has 0 saturated carbocycles. The highest BCUT2D eigenvalue weighted by molar-refractivity contribution is 5.96. The molecule has 1 heteroatoms. The Hall–Kier alpha value is -3.19. The minimum Gasteiger partial charge on any atom is -0.294 e. The van der Waals surface area contributed by atoms with Crippen LogP contribution in [0.1, 0.15) is 33.8 Å². The highest BCUT2D eigenvalue weighted by Crippen LogP contribution is 2.29. The zero-order valence-electron chi connectivity index (χ0n) is 15.2. The minimum absolute atomic E-state index is 0.157. The van der Waals surface area contributed by atoms with Crippen LogP contribution in [0.15, 0.2) is 103 Å². The van der Waals surface area contributed by atoms with Crippen molar-refractivity contribution in [3.63, 3.8) is 0 Å². The number of hydrogen-bond acceptors (Lipinski definition) is 1. The Balaban J connectivity index is 1.67. The van der Waals surface area contributed by atoms with E-state index in [1.165, 1.54) is 21.9 Å². The van der Waals surface area contributed by atoms with Crippen LogP contribution in [0.2, 0.25) is 0 Å². The molecule has 0 aromatic heterocycles. The van der Waals surface area contributed by atoms with Gasteiger partial charge in [-0.1, -0.05) is 103 Å². The number of Topliss-reactive ketones (excluding diaryl/α,β-unsaturated/α-hetero) is 1. The fourth-order valence-corrected chi connectivity index (χ4v) is 3.73. The molecular formula is C26H22O. The lowest BCUT2D eigenvalue weighted by atomic mass is 9.85. The third-order valence-electron chi connectivity index (χ3n) is 5.14. The van der Waals surface area contributed by atoms with E-state index in [2.05, 4.69) is 66.7 Å². The molecule has 0 amide bonds.